The molecule has 1 amide bonds. The van der Waals surface area contributed by atoms with Gasteiger partial charge in [0.1, 0.15) is 0 Å². The average molecular weight is 498 g/mol. The summed E-state index contributed by atoms with van der Waals surface area (Å²) in [5.41, 5.74) is 2.89. The zero-order valence-corrected chi connectivity index (χ0v) is 20.8. The standard InChI is InChI=1S/C25H27N3O4S2/c1-16-15-33-25(26-16)27-24(29)19(13-17-9-11-32-12-10-17)18-7-8-23-21(14-18)28(2)20-5-3-4-6-22(20)34(23,30)31/h3-8,14-15,17,19H,9-13H2,1-2H3,(H,26,27,29). The fourth-order valence-corrected chi connectivity index (χ4v) is 7.15. The number of anilines is 3. The Hall–Kier alpha value is -2.75. The lowest BCUT2D eigenvalue weighted by atomic mass is 9.84. The van der Waals surface area contributed by atoms with E-state index < -0.39 is 15.8 Å². The van der Waals surface area contributed by atoms with Crippen molar-refractivity contribution in [3.8, 4) is 0 Å². The van der Waals surface area contributed by atoms with Gasteiger partial charge in [-0.2, -0.15) is 0 Å². The molecule has 9 heteroatoms. The minimum Gasteiger partial charge on any atom is -0.381 e. The monoisotopic (exact) mass is 497 g/mol. The number of thiazole rings is 1. The van der Waals surface area contributed by atoms with Gasteiger partial charge in [-0.3, -0.25) is 4.79 Å². The molecule has 0 spiro atoms. The summed E-state index contributed by atoms with van der Waals surface area (Å²) in [6, 6.07) is 12.3. The summed E-state index contributed by atoms with van der Waals surface area (Å²) in [5.74, 6) is -0.186. The number of hydrogen-bond donors (Lipinski definition) is 1. The molecule has 34 heavy (non-hydrogen) atoms. The Bertz CT molecular complexity index is 1330. The van der Waals surface area contributed by atoms with Crippen molar-refractivity contribution in [3.05, 3.63) is 59.1 Å². The molecule has 178 valence electrons. The third kappa shape index (κ3) is 4.23. The highest BCUT2D eigenvalue weighted by Gasteiger charge is 2.34. The number of hydrogen-bond acceptors (Lipinski definition) is 7. The van der Waals surface area contributed by atoms with E-state index in [-0.39, 0.29) is 10.8 Å². The van der Waals surface area contributed by atoms with Crippen molar-refractivity contribution in [2.24, 2.45) is 5.92 Å². The normalized spacial score (nSPS) is 18.1. The SMILES string of the molecule is Cc1csc(NC(=O)C(CC2CCOCC2)c2ccc3c(c2)N(C)c2ccccc2S3(=O)=O)n1. The van der Waals surface area contributed by atoms with Gasteiger partial charge in [0, 0.05) is 25.6 Å². The first-order chi connectivity index (χ1) is 16.3. The van der Waals surface area contributed by atoms with Gasteiger partial charge in [-0.05, 0) is 61.9 Å². The molecule has 2 aliphatic rings. The molecule has 0 radical (unpaired) electrons. The van der Waals surface area contributed by atoms with Crippen LogP contribution in [0.25, 0.3) is 0 Å². The van der Waals surface area contributed by atoms with Crippen LogP contribution < -0.4 is 10.2 Å². The van der Waals surface area contributed by atoms with E-state index in [0.29, 0.717) is 47.0 Å². The zero-order chi connectivity index (χ0) is 23.9. The first-order valence-electron chi connectivity index (χ1n) is 11.4. The molecule has 1 fully saturated rings. The minimum atomic E-state index is -3.64. The first kappa shape index (κ1) is 23.0. The molecule has 1 N–H and O–H groups in total. The Morgan fingerprint density at radius 1 is 1.18 bits per heavy atom. The number of nitrogens with zero attached hydrogens (tertiary/aromatic N) is 2. The van der Waals surface area contributed by atoms with E-state index in [2.05, 4.69) is 10.3 Å². The van der Waals surface area contributed by atoms with Crippen molar-refractivity contribution < 1.29 is 17.9 Å². The van der Waals surface area contributed by atoms with E-state index in [4.69, 9.17) is 4.74 Å². The van der Waals surface area contributed by atoms with Crippen LogP contribution >= 0.6 is 11.3 Å². The first-order valence-corrected chi connectivity index (χ1v) is 13.7. The van der Waals surface area contributed by atoms with Crippen LogP contribution in [-0.4, -0.2) is 39.6 Å². The van der Waals surface area contributed by atoms with Gasteiger partial charge >= 0.3 is 0 Å². The van der Waals surface area contributed by atoms with Crippen molar-refractivity contribution in [3.63, 3.8) is 0 Å². The Labute approximate surface area is 203 Å². The van der Waals surface area contributed by atoms with Crippen LogP contribution in [0.5, 0.6) is 0 Å². The molecule has 1 unspecified atom stereocenters. The molecule has 0 aliphatic carbocycles. The van der Waals surface area contributed by atoms with Crippen molar-refractivity contribution in [1.29, 1.82) is 0 Å². The number of sulfone groups is 1. The molecule has 3 aromatic rings. The Morgan fingerprint density at radius 3 is 2.65 bits per heavy atom. The molecule has 0 bridgehead atoms. The third-order valence-corrected chi connectivity index (χ3v) is 9.35. The molecule has 1 atom stereocenters. The van der Waals surface area contributed by atoms with Gasteiger partial charge in [0.25, 0.3) is 0 Å². The topological polar surface area (TPSA) is 88.6 Å². The van der Waals surface area contributed by atoms with Gasteiger partial charge < -0.3 is 15.0 Å². The van der Waals surface area contributed by atoms with E-state index in [1.165, 1.54) is 11.3 Å². The molecular formula is C25H27N3O4S2. The van der Waals surface area contributed by atoms with Crippen LogP contribution in [0.15, 0.2) is 57.6 Å². The van der Waals surface area contributed by atoms with E-state index in [1.54, 1.807) is 30.3 Å². The number of rotatable bonds is 5. The molecule has 2 aromatic carbocycles. The summed E-state index contributed by atoms with van der Waals surface area (Å²) in [6.07, 6.45) is 2.49. The number of para-hydroxylation sites is 1. The summed E-state index contributed by atoms with van der Waals surface area (Å²) in [5, 5.41) is 5.46. The number of aromatic nitrogens is 1. The van der Waals surface area contributed by atoms with Crippen LogP contribution in [0.3, 0.4) is 0 Å². The second-order valence-corrected chi connectivity index (χ2v) is 11.6. The van der Waals surface area contributed by atoms with Crippen LogP contribution in [0.2, 0.25) is 0 Å². The van der Waals surface area contributed by atoms with E-state index in [1.807, 2.05) is 36.4 Å². The lowest BCUT2D eigenvalue weighted by Crippen LogP contribution is -2.27. The summed E-state index contributed by atoms with van der Waals surface area (Å²) < 4.78 is 32.1. The second-order valence-electron chi connectivity index (χ2n) is 8.88. The molecule has 7 nitrogen and oxygen atoms in total. The van der Waals surface area contributed by atoms with Crippen molar-refractivity contribution in [2.45, 2.75) is 41.9 Å². The smallest absolute Gasteiger partial charge is 0.233 e. The number of fused-ring (bicyclic) bond motifs is 2. The largest absolute Gasteiger partial charge is 0.381 e. The Morgan fingerprint density at radius 2 is 1.91 bits per heavy atom. The van der Waals surface area contributed by atoms with Crippen LogP contribution in [-0.2, 0) is 19.4 Å². The Kier molecular flexibility index (Phi) is 6.18. The number of carbonyl (C=O) groups excluding carboxylic acids is 1. The van der Waals surface area contributed by atoms with E-state index in [9.17, 15) is 13.2 Å². The van der Waals surface area contributed by atoms with Crippen molar-refractivity contribution in [1.82, 2.24) is 4.98 Å². The van der Waals surface area contributed by atoms with Gasteiger partial charge in [-0.25, -0.2) is 13.4 Å². The quantitative estimate of drug-likeness (QED) is 0.539. The lowest BCUT2D eigenvalue weighted by molar-refractivity contribution is -0.118. The molecule has 1 saturated heterocycles. The maximum absolute atomic E-state index is 13.5. The van der Waals surface area contributed by atoms with Crippen LogP contribution in [0.1, 0.15) is 36.4 Å². The maximum atomic E-state index is 13.5. The van der Waals surface area contributed by atoms with Crippen LogP contribution in [0, 0.1) is 12.8 Å². The van der Waals surface area contributed by atoms with E-state index >= 15 is 0 Å². The molecular weight excluding hydrogens is 470 g/mol. The van der Waals surface area contributed by atoms with Gasteiger partial charge in [0.05, 0.1) is 32.8 Å². The van der Waals surface area contributed by atoms with E-state index in [0.717, 1.165) is 24.1 Å². The molecule has 3 heterocycles. The fourth-order valence-electron chi connectivity index (χ4n) is 4.76. The van der Waals surface area contributed by atoms with Gasteiger partial charge in [-0.1, -0.05) is 18.2 Å². The number of ether oxygens (including phenoxy) is 1. The predicted octanol–water partition coefficient (Wildman–Crippen LogP) is 4.90. The van der Waals surface area contributed by atoms with Crippen molar-refractivity contribution >= 4 is 43.6 Å². The number of aryl methyl sites for hydroxylation is 1. The summed E-state index contributed by atoms with van der Waals surface area (Å²) in [6.45, 7) is 3.29. The zero-order valence-electron chi connectivity index (χ0n) is 19.2. The Balaban J connectivity index is 1.53. The average Bonchev–Trinajstić information content (AvgIpc) is 3.26. The number of nitrogens with one attached hydrogen (secondary N) is 1. The molecule has 2 aliphatic heterocycles. The summed E-state index contributed by atoms with van der Waals surface area (Å²) in [4.78, 5) is 20.3. The van der Waals surface area contributed by atoms with Gasteiger partial charge in [-0.15, -0.1) is 11.3 Å². The summed E-state index contributed by atoms with van der Waals surface area (Å²) >= 11 is 1.40. The van der Waals surface area contributed by atoms with Crippen molar-refractivity contribution in [2.75, 3.05) is 30.5 Å². The lowest BCUT2D eigenvalue weighted by Gasteiger charge is -2.31. The fraction of sp³-hybridized carbons (Fsp3) is 0.360. The number of carbonyl (C=O) groups is 1. The molecule has 5 rings (SSSR count). The highest BCUT2D eigenvalue weighted by Crippen LogP contribution is 2.44. The highest BCUT2D eigenvalue weighted by atomic mass is 32.2. The predicted molar refractivity (Wildman–Crippen MR) is 133 cm³/mol. The summed E-state index contributed by atoms with van der Waals surface area (Å²) in [7, 11) is -1.77. The maximum Gasteiger partial charge on any atom is 0.233 e. The molecule has 1 aromatic heterocycles. The van der Waals surface area contributed by atoms with Gasteiger partial charge in [0.2, 0.25) is 15.7 Å². The highest BCUT2D eigenvalue weighted by molar-refractivity contribution is 7.92. The molecule has 0 saturated carbocycles. The second kappa shape index (κ2) is 9.13. The number of amides is 1. The number of benzene rings is 2. The van der Waals surface area contributed by atoms with Crippen LogP contribution in [0.4, 0.5) is 16.5 Å². The third-order valence-electron chi connectivity index (χ3n) is 6.63. The minimum absolute atomic E-state index is 0.123. The van der Waals surface area contributed by atoms with Gasteiger partial charge in [0.15, 0.2) is 5.13 Å².